The number of piperidine rings is 1. The van der Waals surface area contributed by atoms with Crippen molar-refractivity contribution in [3.05, 3.63) is 120 Å². The van der Waals surface area contributed by atoms with Crippen molar-refractivity contribution in [1.82, 2.24) is 24.8 Å². The monoisotopic (exact) mass is 586 g/mol. The van der Waals surface area contributed by atoms with E-state index in [1.165, 1.54) is 24.5 Å². The minimum atomic E-state index is -4.40. The van der Waals surface area contributed by atoms with E-state index >= 15 is 0 Å². The first-order valence-corrected chi connectivity index (χ1v) is 14.1. The Labute approximate surface area is 249 Å². The number of aromatic nitrogens is 3. The number of hydrogen-bond acceptors (Lipinski definition) is 6. The van der Waals surface area contributed by atoms with E-state index in [9.17, 15) is 18.0 Å². The third kappa shape index (κ3) is 8.48. The summed E-state index contributed by atoms with van der Waals surface area (Å²) in [6.07, 6.45) is 7.13. The first-order valence-electron chi connectivity index (χ1n) is 14.1. The van der Waals surface area contributed by atoms with Crippen LogP contribution >= 0.6 is 0 Å². The molecular formula is C33H33F3N6O. The summed E-state index contributed by atoms with van der Waals surface area (Å²) in [5.41, 5.74) is 4.63. The second-order valence-electron chi connectivity index (χ2n) is 10.7. The molecule has 4 aromatic rings. The molecule has 7 nitrogen and oxygen atoms in total. The second kappa shape index (κ2) is 13.6. The molecule has 5 rings (SSSR count). The number of pyridine rings is 1. The lowest BCUT2D eigenvalue weighted by atomic mass is 10.0. The molecule has 1 aliphatic rings. The highest BCUT2D eigenvalue weighted by Crippen LogP contribution is 2.29. The second-order valence-corrected chi connectivity index (χ2v) is 10.7. The lowest BCUT2D eigenvalue weighted by Crippen LogP contribution is -2.46. The SMILES string of the molecule is Cc1cc(Nc2ccc(CN(C(=O)/C=C/c3ccc(C(F)(F)F)cc3)C3CCN(Cc4cncnc4)CC3)cc2)ccn1. The number of alkyl halides is 3. The quantitative estimate of drug-likeness (QED) is 0.222. The molecule has 0 saturated carbocycles. The summed E-state index contributed by atoms with van der Waals surface area (Å²) in [6, 6.07) is 16.7. The number of likely N-dealkylation sites (tertiary alicyclic amines) is 1. The van der Waals surface area contributed by atoms with Crippen LogP contribution in [0.15, 0.2) is 91.7 Å². The summed E-state index contributed by atoms with van der Waals surface area (Å²) in [6.45, 7) is 4.75. The highest BCUT2D eigenvalue weighted by molar-refractivity contribution is 5.92. The first kappa shape index (κ1) is 29.9. The predicted octanol–water partition coefficient (Wildman–Crippen LogP) is 6.65. The zero-order chi connectivity index (χ0) is 30.2. The van der Waals surface area contributed by atoms with Crippen molar-refractivity contribution in [2.75, 3.05) is 18.4 Å². The molecule has 1 saturated heterocycles. The molecule has 43 heavy (non-hydrogen) atoms. The molecule has 2 aromatic heterocycles. The van der Waals surface area contributed by atoms with Crippen LogP contribution in [0.25, 0.3) is 6.08 Å². The molecule has 1 amide bonds. The minimum Gasteiger partial charge on any atom is -0.355 e. The van der Waals surface area contributed by atoms with Gasteiger partial charge in [0.2, 0.25) is 5.91 Å². The van der Waals surface area contributed by atoms with Crippen molar-refractivity contribution in [2.24, 2.45) is 0 Å². The van der Waals surface area contributed by atoms with Gasteiger partial charge in [-0.3, -0.25) is 14.7 Å². The van der Waals surface area contributed by atoms with Gasteiger partial charge in [-0.1, -0.05) is 24.3 Å². The smallest absolute Gasteiger partial charge is 0.355 e. The number of amides is 1. The topological polar surface area (TPSA) is 74.2 Å². The molecule has 10 heteroatoms. The van der Waals surface area contributed by atoms with E-state index in [1.54, 1.807) is 12.3 Å². The van der Waals surface area contributed by atoms with E-state index in [4.69, 9.17) is 0 Å². The Balaban J connectivity index is 1.28. The highest BCUT2D eigenvalue weighted by atomic mass is 19.4. The van der Waals surface area contributed by atoms with E-state index in [-0.39, 0.29) is 11.9 Å². The summed E-state index contributed by atoms with van der Waals surface area (Å²) in [5, 5.41) is 3.37. The summed E-state index contributed by atoms with van der Waals surface area (Å²) in [5.74, 6) is -0.177. The molecule has 0 atom stereocenters. The zero-order valence-electron chi connectivity index (χ0n) is 23.8. The van der Waals surface area contributed by atoms with Gasteiger partial charge in [0.1, 0.15) is 6.33 Å². The summed E-state index contributed by atoms with van der Waals surface area (Å²) in [4.78, 5) is 30.2. The van der Waals surface area contributed by atoms with Crippen LogP contribution in [0.2, 0.25) is 0 Å². The maximum absolute atomic E-state index is 13.6. The Hall–Kier alpha value is -4.57. The third-order valence-electron chi connectivity index (χ3n) is 7.45. The minimum absolute atomic E-state index is 0.0191. The molecule has 1 fully saturated rings. The van der Waals surface area contributed by atoms with Crippen molar-refractivity contribution in [3.63, 3.8) is 0 Å². The molecule has 222 valence electrons. The number of carbonyl (C=O) groups is 1. The van der Waals surface area contributed by atoms with Crippen molar-refractivity contribution in [1.29, 1.82) is 0 Å². The fourth-order valence-electron chi connectivity index (χ4n) is 5.17. The van der Waals surface area contributed by atoms with E-state index in [0.29, 0.717) is 12.1 Å². The Kier molecular flexibility index (Phi) is 9.46. The lowest BCUT2D eigenvalue weighted by Gasteiger charge is -2.38. The predicted molar refractivity (Wildman–Crippen MR) is 160 cm³/mol. The van der Waals surface area contributed by atoms with Gasteiger partial charge in [-0.05, 0) is 73.4 Å². The van der Waals surface area contributed by atoms with Crippen LogP contribution in [-0.2, 0) is 24.1 Å². The van der Waals surface area contributed by atoms with Crippen molar-refractivity contribution >= 4 is 23.4 Å². The number of rotatable bonds is 9. The van der Waals surface area contributed by atoms with Gasteiger partial charge >= 0.3 is 6.18 Å². The standard InChI is InChI=1S/C33H33F3N6O/c1-24-18-30(12-15-39-24)40-29-9-4-26(5-10-29)22-42(31-13-16-41(17-14-31)21-27-19-37-23-38-20-27)32(43)11-6-25-2-7-28(8-3-25)33(34,35)36/h2-12,15,18-20,23,31H,13-14,16-17,21-22H2,1H3,(H,39,40)/b11-6+. The fourth-order valence-corrected chi connectivity index (χ4v) is 5.17. The van der Waals surface area contributed by atoms with Crippen LogP contribution in [0.1, 0.15) is 40.8 Å². The zero-order valence-corrected chi connectivity index (χ0v) is 23.8. The van der Waals surface area contributed by atoms with Crippen molar-refractivity contribution in [3.8, 4) is 0 Å². The largest absolute Gasteiger partial charge is 0.416 e. The Morgan fingerprint density at radius 2 is 1.67 bits per heavy atom. The number of nitrogens with one attached hydrogen (secondary N) is 1. The number of aryl methyl sites for hydroxylation is 1. The average Bonchev–Trinajstić information content (AvgIpc) is 3.00. The fraction of sp³-hybridized carbons (Fsp3) is 0.273. The molecule has 0 bridgehead atoms. The molecule has 0 radical (unpaired) electrons. The van der Waals surface area contributed by atoms with E-state index in [1.807, 2.05) is 60.6 Å². The van der Waals surface area contributed by atoms with E-state index in [0.717, 1.165) is 72.8 Å². The molecular weight excluding hydrogens is 553 g/mol. The van der Waals surface area contributed by atoms with Crippen LogP contribution in [0, 0.1) is 6.92 Å². The van der Waals surface area contributed by atoms with Gasteiger partial charge in [0.15, 0.2) is 0 Å². The van der Waals surface area contributed by atoms with E-state index in [2.05, 4.69) is 25.2 Å². The molecule has 1 N–H and O–H groups in total. The summed E-state index contributed by atoms with van der Waals surface area (Å²) < 4.78 is 38.9. The van der Waals surface area contributed by atoms with Gasteiger partial charge in [0.05, 0.1) is 5.56 Å². The van der Waals surface area contributed by atoms with Gasteiger partial charge < -0.3 is 10.2 Å². The molecule has 2 aromatic carbocycles. The number of benzene rings is 2. The number of hydrogen-bond donors (Lipinski definition) is 1. The van der Waals surface area contributed by atoms with Gasteiger partial charge in [0.25, 0.3) is 0 Å². The first-order chi connectivity index (χ1) is 20.7. The van der Waals surface area contributed by atoms with Crippen LogP contribution in [-0.4, -0.2) is 49.8 Å². The number of anilines is 2. The van der Waals surface area contributed by atoms with Crippen LogP contribution in [0.5, 0.6) is 0 Å². The average molecular weight is 587 g/mol. The molecule has 1 aliphatic heterocycles. The Morgan fingerprint density at radius 3 is 2.33 bits per heavy atom. The van der Waals surface area contributed by atoms with Crippen LogP contribution in [0.4, 0.5) is 24.5 Å². The van der Waals surface area contributed by atoms with Gasteiger partial charge in [-0.2, -0.15) is 13.2 Å². The van der Waals surface area contributed by atoms with Crippen molar-refractivity contribution < 1.29 is 18.0 Å². The maximum Gasteiger partial charge on any atom is 0.416 e. The highest BCUT2D eigenvalue weighted by Gasteiger charge is 2.30. The maximum atomic E-state index is 13.6. The summed E-state index contributed by atoms with van der Waals surface area (Å²) >= 11 is 0. The van der Waals surface area contributed by atoms with Gasteiger partial charge in [-0.25, -0.2) is 9.97 Å². The number of nitrogens with zero attached hydrogens (tertiary/aromatic N) is 5. The Morgan fingerprint density at radius 1 is 0.977 bits per heavy atom. The molecule has 3 heterocycles. The summed E-state index contributed by atoms with van der Waals surface area (Å²) in [7, 11) is 0. The molecule has 0 spiro atoms. The van der Waals surface area contributed by atoms with Gasteiger partial charge in [0, 0.05) is 79.5 Å². The third-order valence-corrected chi connectivity index (χ3v) is 7.45. The number of halogens is 3. The molecule has 0 unspecified atom stereocenters. The Bertz CT molecular complexity index is 1520. The van der Waals surface area contributed by atoms with Crippen LogP contribution < -0.4 is 5.32 Å². The van der Waals surface area contributed by atoms with Gasteiger partial charge in [-0.15, -0.1) is 0 Å². The number of carbonyl (C=O) groups excluding carboxylic acids is 1. The van der Waals surface area contributed by atoms with Crippen LogP contribution in [0.3, 0.4) is 0 Å². The van der Waals surface area contributed by atoms with Crippen molar-refractivity contribution in [2.45, 2.75) is 45.1 Å². The van der Waals surface area contributed by atoms with E-state index < -0.39 is 11.7 Å². The lowest BCUT2D eigenvalue weighted by molar-refractivity contribution is -0.137. The normalized spacial score (nSPS) is 14.6. The molecule has 0 aliphatic carbocycles.